The zero-order chi connectivity index (χ0) is 15.4. The molecule has 0 radical (unpaired) electrons. The number of nitrogens with zero attached hydrogens (tertiary/aromatic N) is 2. The van der Waals surface area contributed by atoms with Gasteiger partial charge in [-0.3, -0.25) is 19.3 Å². The SMILES string of the molecule is CC(C)[C@H]1CCN(C(=O)CCCCN2C(=O)C=CC2=O)C1. The van der Waals surface area contributed by atoms with Crippen LogP contribution in [0.3, 0.4) is 0 Å². The molecule has 21 heavy (non-hydrogen) atoms. The lowest BCUT2D eigenvalue weighted by molar-refractivity contribution is -0.136. The summed E-state index contributed by atoms with van der Waals surface area (Å²) in [7, 11) is 0. The van der Waals surface area contributed by atoms with Crippen LogP contribution in [-0.4, -0.2) is 47.2 Å². The molecule has 0 aromatic rings. The summed E-state index contributed by atoms with van der Waals surface area (Å²) in [4.78, 5) is 38.0. The predicted molar refractivity (Wildman–Crippen MR) is 79.2 cm³/mol. The van der Waals surface area contributed by atoms with E-state index in [4.69, 9.17) is 0 Å². The molecule has 2 heterocycles. The molecule has 3 amide bonds. The lowest BCUT2D eigenvalue weighted by Crippen LogP contribution is -2.31. The van der Waals surface area contributed by atoms with Crippen molar-refractivity contribution < 1.29 is 14.4 Å². The van der Waals surface area contributed by atoms with Crippen molar-refractivity contribution in [3.8, 4) is 0 Å². The van der Waals surface area contributed by atoms with E-state index in [9.17, 15) is 14.4 Å². The molecule has 116 valence electrons. The van der Waals surface area contributed by atoms with Crippen molar-refractivity contribution in [2.75, 3.05) is 19.6 Å². The Kier molecular flexibility index (Phi) is 5.15. The molecule has 0 saturated carbocycles. The number of unbranched alkanes of at least 4 members (excludes halogenated alkanes) is 1. The largest absolute Gasteiger partial charge is 0.342 e. The van der Waals surface area contributed by atoms with Crippen molar-refractivity contribution in [1.82, 2.24) is 9.80 Å². The third kappa shape index (κ3) is 3.93. The summed E-state index contributed by atoms with van der Waals surface area (Å²) in [5.74, 6) is 0.967. The zero-order valence-corrected chi connectivity index (χ0v) is 12.9. The summed E-state index contributed by atoms with van der Waals surface area (Å²) in [5, 5.41) is 0. The standard InChI is InChI=1S/C16H24N2O3/c1-12(2)13-8-10-17(11-13)14(19)5-3-4-9-18-15(20)6-7-16(18)21/h6-7,12-13H,3-5,8-11H2,1-2H3/t13-/m0/s1. The maximum absolute atomic E-state index is 12.1. The second-order valence-electron chi connectivity index (χ2n) is 6.25. The molecule has 0 aromatic carbocycles. The minimum absolute atomic E-state index is 0.204. The first-order chi connectivity index (χ1) is 9.99. The van der Waals surface area contributed by atoms with Crippen LogP contribution in [0.5, 0.6) is 0 Å². The van der Waals surface area contributed by atoms with Gasteiger partial charge in [-0.05, 0) is 31.1 Å². The Morgan fingerprint density at radius 2 is 1.90 bits per heavy atom. The smallest absolute Gasteiger partial charge is 0.253 e. The van der Waals surface area contributed by atoms with Gasteiger partial charge in [0.25, 0.3) is 11.8 Å². The van der Waals surface area contributed by atoms with E-state index in [0.717, 1.165) is 25.9 Å². The van der Waals surface area contributed by atoms with E-state index in [-0.39, 0.29) is 17.7 Å². The molecule has 0 bridgehead atoms. The molecule has 2 rings (SSSR count). The lowest BCUT2D eigenvalue weighted by Gasteiger charge is -2.18. The van der Waals surface area contributed by atoms with E-state index in [0.29, 0.717) is 31.2 Å². The fraction of sp³-hybridized carbons (Fsp3) is 0.688. The summed E-state index contributed by atoms with van der Waals surface area (Å²) >= 11 is 0. The minimum atomic E-state index is -0.245. The highest BCUT2D eigenvalue weighted by Gasteiger charge is 2.28. The first kappa shape index (κ1) is 15.7. The van der Waals surface area contributed by atoms with Gasteiger partial charge >= 0.3 is 0 Å². The normalized spacial score (nSPS) is 22.0. The number of carbonyl (C=O) groups is 3. The van der Waals surface area contributed by atoms with Gasteiger partial charge in [0.1, 0.15) is 0 Å². The number of rotatable bonds is 6. The Labute approximate surface area is 126 Å². The van der Waals surface area contributed by atoms with Crippen LogP contribution >= 0.6 is 0 Å². The van der Waals surface area contributed by atoms with Crippen molar-refractivity contribution in [1.29, 1.82) is 0 Å². The van der Waals surface area contributed by atoms with Gasteiger partial charge in [-0.2, -0.15) is 0 Å². The number of imide groups is 1. The Hall–Kier alpha value is -1.65. The number of likely N-dealkylation sites (tertiary alicyclic amines) is 1. The third-order valence-electron chi connectivity index (χ3n) is 4.44. The first-order valence-corrected chi connectivity index (χ1v) is 7.80. The fourth-order valence-electron chi connectivity index (χ4n) is 2.91. The van der Waals surface area contributed by atoms with Crippen molar-refractivity contribution >= 4 is 17.7 Å². The van der Waals surface area contributed by atoms with Crippen LogP contribution in [0, 0.1) is 11.8 Å². The topological polar surface area (TPSA) is 57.7 Å². The highest BCUT2D eigenvalue weighted by Crippen LogP contribution is 2.24. The Morgan fingerprint density at radius 1 is 1.24 bits per heavy atom. The molecule has 1 atom stereocenters. The molecular weight excluding hydrogens is 268 g/mol. The first-order valence-electron chi connectivity index (χ1n) is 7.80. The van der Waals surface area contributed by atoms with E-state index >= 15 is 0 Å². The van der Waals surface area contributed by atoms with Crippen molar-refractivity contribution in [2.45, 2.75) is 39.5 Å². The Balaban J connectivity index is 1.64. The van der Waals surface area contributed by atoms with Crippen LogP contribution in [0.2, 0.25) is 0 Å². The van der Waals surface area contributed by atoms with E-state index < -0.39 is 0 Å². The molecule has 1 fully saturated rings. The quantitative estimate of drug-likeness (QED) is 0.552. The van der Waals surface area contributed by atoms with Gasteiger partial charge in [0.2, 0.25) is 5.91 Å². The summed E-state index contributed by atoms with van der Waals surface area (Å²) in [5.41, 5.74) is 0. The molecule has 0 aromatic heterocycles. The average Bonchev–Trinajstić information content (AvgIpc) is 3.04. The number of hydrogen-bond acceptors (Lipinski definition) is 3. The second kappa shape index (κ2) is 6.87. The highest BCUT2D eigenvalue weighted by atomic mass is 16.2. The molecule has 0 aliphatic carbocycles. The Bertz CT molecular complexity index is 438. The monoisotopic (exact) mass is 292 g/mol. The molecule has 1 saturated heterocycles. The van der Waals surface area contributed by atoms with Gasteiger partial charge in [-0.1, -0.05) is 13.8 Å². The van der Waals surface area contributed by atoms with Crippen molar-refractivity contribution in [3.05, 3.63) is 12.2 Å². The Morgan fingerprint density at radius 3 is 2.48 bits per heavy atom. The molecule has 0 spiro atoms. The van der Waals surface area contributed by atoms with Gasteiger partial charge < -0.3 is 4.90 Å². The van der Waals surface area contributed by atoms with E-state index in [1.807, 2.05) is 4.90 Å². The summed E-state index contributed by atoms with van der Waals surface area (Å²) in [6.45, 7) is 6.57. The summed E-state index contributed by atoms with van der Waals surface area (Å²) in [6.07, 6.45) is 5.61. The van der Waals surface area contributed by atoms with Crippen LogP contribution in [0.15, 0.2) is 12.2 Å². The maximum atomic E-state index is 12.1. The van der Waals surface area contributed by atoms with Crippen molar-refractivity contribution in [3.63, 3.8) is 0 Å². The van der Waals surface area contributed by atoms with Crippen LogP contribution < -0.4 is 0 Å². The molecule has 2 aliphatic rings. The second-order valence-corrected chi connectivity index (χ2v) is 6.25. The van der Waals surface area contributed by atoms with E-state index in [1.54, 1.807) is 0 Å². The van der Waals surface area contributed by atoms with Gasteiger partial charge in [-0.15, -0.1) is 0 Å². The van der Waals surface area contributed by atoms with Gasteiger partial charge in [0.05, 0.1) is 0 Å². The molecule has 5 heteroatoms. The van der Waals surface area contributed by atoms with Crippen molar-refractivity contribution in [2.24, 2.45) is 11.8 Å². The van der Waals surface area contributed by atoms with Crippen LogP contribution in [0.25, 0.3) is 0 Å². The van der Waals surface area contributed by atoms with Gasteiger partial charge in [0, 0.05) is 38.2 Å². The van der Waals surface area contributed by atoms with Crippen LogP contribution in [0.4, 0.5) is 0 Å². The molecule has 2 aliphatic heterocycles. The lowest BCUT2D eigenvalue weighted by atomic mass is 9.95. The van der Waals surface area contributed by atoms with E-state index in [1.165, 1.54) is 17.1 Å². The molecule has 5 nitrogen and oxygen atoms in total. The number of carbonyl (C=O) groups excluding carboxylic acids is 3. The van der Waals surface area contributed by atoms with Gasteiger partial charge in [-0.25, -0.2) is 0 Å². The molecule has 0 unspecified atom stereocenters. The van der Waals surface area contributed by atoms with Crippen LogP contribution in [-0.2, 0) is 14.4 Å². The zero-order valence-electron chi connectivity index (χ0n) is 12.9. The summed E-state index contributed by atoms with van der Waals surface area (Å²) in [6, 6.07) is 0. The minimum Gasteiger partial charge on any atom is -0.342 e. The number of amides is 3. The number of hydrogen-bond donors (Lipinski definition) is 0. The average molecular weight is 292 g/mol. The predicted octanol–water partition coefficient (Wildman–Crippen LogP) is 1.59. The fourth-order valence-corrected chi connectivity index (χ4v) is 2.91. The van der Waals surface area contributed by atoms with E-state index in [2.05, 4.69) is 13.8 Å². The molecule has 0 N–H and O–H groups in total. The summed E-state index contributed by atoms with van der Waals surface area (Å²) < 4.78 is 0. The highest BCUT2D eigenvalue weighted by molar-refractivity contribution is 6.12. The third-order valence-corrected chi connectivity index (χ3v) is 4.44. The maximum Gasteiger partial charge on any atom is 0.253 e. The van der Waals surface area contributed by atoms with Crippen LogP contribution in [0.1, 0.15) is 39.5 Å². The molecular formula is C16H24N2O3. The van der Waals surface area contributed by atoms with Gasteiger partial charge in [0.15, 0.2) is 0 Å².